The summed E-state index contributed by atoms with van der Waals surface area (Å²) in [7, 11) is 1.63. The average Bonchev–Trinajstić information content (AvgIpc) is 3.09. The van der Waals surface area contributed by atoms with E-state index < -0.39 is 17.2 Å². The van der Waals surface area contributed by atoms with Crippen molar-refractivity contribution >= 4 is 5.91 Å². The van der Waals surface area contributed by atoms with Crippen molar-refractivity contribution in [3.63, 3.8) is 0 Å². The number of amides is 1. The number of benzene rings is 1. The van der Waals surface area contributed by atoms with Crippen LogP contribution in [0.5, 0.6) is 0 Å². The second kappa shape index (κ2) is 4.31. The molecule has 2 N–H and O–H groups in total. The van der Waals surface area contributed by atoms with Gasteiger partial charge in [0.05, 0.1) is 11.6 Å². The Labute approximate surface area is 105 Å². The molecule has 18 heavy (non-hydrogen) atoms. The summed E-state index contributed by atoms with van der Waals surface area (Å²) >= 11 is 0. The van der Waals surface area contributed by atoms with Crippen LogP contribution in [-0.4, -0.2) is 23.4 Å². The van der Waals surface area contributed by atoms with E-state index in [0.29, 0.717) is 18.4 Å². The van der Waals surface area contributed by atoms with E-state index in [1.165, 1.54) is 11.0 Å². The van der Waals surface area contributed by atoms with E-state index in [9.17, 15) is 13.6 Å². The highest BCUT2D eigenvalue weighted by atomic mass is 19.2. The second-order valence-electron chi connectivity index (χ2n) is 4.92. The topological polar surface area (TPSA) is 46.3 Å². The first-order valence-electron chi connectivity index (χ1n) is 5.86. The molecule has 1 unspecified atom stereocenters. The highest BCUT2D eigenvalue weighted by Gasteiger charge is 2.48. The van der Waals surface area contributed by atoms with Gasteiger partial charge in [-0.2, -0.15) is 0 Å². The van der Waals surface area contributed by atoms with Crippen LogP contribution in [0, 0.1) is 11.6 Å². The van der Waals surface area contributed by atoms with Gasteiger partial charge in [-0.05, 0) is 37.5 Å². The largest absolute Gasteiger partial charge is 0.337 e. The number of halogens is 2. The summed E-state index contributed by atoms with van der Waals surface area (Å²) in [5, 5.41) is 0. The Balaban J connectivity index is 2.17. The van der Waals surface area contributed by atoms with Crippen LogP contribution in [0.25, 0.3) is 0 Å². The molecule has 0 bridgehead atoms. The molecule has 1 amide bonds. The van der Waals surface area contributed by atoms with E-state index in [1.807, 2.05) is 0 Å². The van der Waals surface area contributed by atoms with Gasteiger partial charge in [0.25, 0.3) is 0 Å². The Bertz CT molecular complexity index is 486. The smallest absolute Gasteiger partial charge is 0.242 e. The van der Waals surface area contributed by atoms with E-state index >= 15 is 0 Å². The minimum Gasteiger partial charge on any atom is -0.337 e. The molecule has 2 rings (SSSR count). The van der Waals surface area contributed by atoms with Crippen LogP contribution in [0.3, 0.4) is 0 Å². The fraction of sp³-hybridized carbons (Fsp3) is 0.462. The normalized spacial score (nSPS) is 18.3. The SMILES string of the molecule is CC(c1ccc(F)c(F)c1)N(C)C(=O)C1(N)CC1. The molecule has 1 aromatic rings. The van der Waals surface area contributed by atoms with Gasteiger partial charge in [0.15, 0.2) is 11.6 Å². The zero-order chi connectivity index (χ0) is 13.5. The molecule has 0 aliphatic heterocycles. The predicted octanol–water partition coefficient (Wildman–Crippen LogP) is 1.98. The Kier molecular flexibility index (Phi) is 3.11. The van der Waals surface area contributed by atoms with E-state index in [1.54, 1.807) is 14.0 Å². The number of hydrogen-bond donors (Lipinski definition) is 1. The highest BCUT2D eigenvalue weighted by Crippen LogP contribution is 2.36. The van der Waals surface area contributed by atoms with Crippen molar-refractivity contribution in [3.8, 4) is 0 Å². The van der Waals surface area contributed by atoms with E-state index in [2.05, 4.69) is 0 Å². The maximum absolute atomic E-state index is 13.1. The fourth-order valence-electron chi connectivity index (χ4n) is 1.87. The molecule has 0 aromatic heterocycles. The molecule has 0 heterocycles. The van der Waals surface area contributed by atoms with Gasteiger partial charge in [-0.1, -0.05) is 6.07 Å². The Morgan fingerprint density at radius 1 is 1.39 bits per heavy atom. The lowest BCUT2D eigenvalue weighted by molar-refractivity contribution is -0.134. The van der Waals surface area contributed by atoms with Gasteiger partial charge in [0.2, 0.25) is 5.91 Å². The minimum absolute atomic E-state index is 0.153. The number of carbonyl (C=O) groups excluding carboxylic acids is 1. The van der Waals surface area contributed by atoms with Crippen LogP contribution in [0.2, 0.25) is 0 Å². The summed E-state index contributed by atoms with van der Waals surface area (Å²) in [4.78, 5) is 13.5. The number of carbonyl (C=O) groups is 1. The van der Waals surface area contributed by atoms with Crippen molar-refractivity contribution in [2.24, 2.45) is 5.73 Å². The second-order valence-corrected chi connectivity index (χ2v) is 4.92. The van der Waals surface area contributed by atoms with Crippen LogP contribution in [0.4, 0.5) is 8.78 Å². The molecule has 0 radical (unpaired) electrons. The summed E-state index contributed by atoms with van der Waals surface area (Å²) in [6.07, 6.45) is 1.36. The zero-order valence-corrected chi connectivity index (χ0v) is 10.4. The lowest BCUT2D eigenvalue weighted by Gasteiger charge is -2.28. The predicted molar refractivity (Wildman–Crippen MR) is 63.7 cm³/mol. The molecule has 98 valence electrons. The van der Waals surface area contributed by atoms with Gasteiger partial charge < -0.3 is 10.6 Å². The third-order valence-corrected chi connectivity index (χ3v) is 3.54. The maximum atomic E-state index is 13.1. The Hall–Kier alpha value is -1.49. The van der Waals surface area contributed by atoms with E-state index in [-0.39, 0.29) is 11.9 Å². The maximum Gasteiger partial charge on any atom is 0.242 e. The van der Waals surface area contributed by atoms with Crippen molar-refractivity contribution in [1.82, 2.24) is 4.90 Å². The molecule has 0 spiro atoms. The number of likely N-dealkylation sites (N-methyl/N-ethyl adjacent to an activating group) is 1. The van der Waals surface area contributed by atoms with Gasteiger partial charge in [-0.25, -0.2) is 8.78 Å². The van der Waals surface area contributed by atoms with Gasteiger partial charge in [0.1, 0.15) is 0 Å². The molecule has 1 aliphatic carbocycles. The molecule has 3 nitrogen and oxygen atoms in total. The molecule has 0 saturated heterocycles. The monoisotopic (exact) mass is 254 g/mol. The van der Waals surface area contributed by atoms with Crippen LogP contribution < -0.4 is 5.73 Å². The van der Waals surface area contributed by atoms with Crippen molar-refractivity contribution in [2.45, 2.75) is 31.3 Å². The van der Waals surface area contributed by atoms with Crippen LogP contribution in [0.1, 0.15) is 31.4 Å². The van der Waals surface area contributed by atoms with Gasteiger partial charge in [0, 0.05) is 7.05 Å². The van der Waals surface area contributed by atoms with E-state index in [4.69, 9.17) is 5.73 Å². The molecule has 1 aliphatic rings. The van der Waals surface area contributed by atoms with Crippen molar-refractivity contribution in [2.75, 3.05) is 7.05 Å². The van der Waals surface area contributed by atoms with Crippen molar-refractivity contribution in [1.29, 1.82) is 0 Å². The van der Waals surface area contributed by atoms with E-state index in [0.717, 1.165) is 12.1 Å². The van der Waals surface area contributed by atoms with Crippen LogP contribution in [0.15, 0.2) is 18.2 Å². The van der Waals surface area contributed by atoms with Gasteiger partial charge >= 0.3 is 0 Å². The first-order valence-corrected chi connectivity index (χ1v) is 5.86. The quantitative estimate of drug-likeness (QED) is 0.896. The Morgan fingerprint density at radius 3 is 2.50 bits per heavy atom. The van der Waals surface area contributed by atoms with Gasteiger partial charge in [-0.15, -0.1) is 0 Å². The summed E-state index contributed by atoms with van der Waals surface area (Å²) in [5.74, 6) is -1.95. The van der Waals surface area contributed by atoms with Crippen LogP contribution >= 0.6 is 0 Å². The third kappa shape index (κ3) is 2.22. The number of hydrogen-bond acceptors (Lipinski definition) is 2. The van der Waals surface area contributed by atoms with Crippen molar-refractivity contribution in [3.05, 3.63) is 35.4 Å². The molecule has 1 aromatic carbocycles. The molecule has 1 atom stereocenters. The number of nitrogens with zero attached hydrogens (tertiary/aromatic N) is 1. The lowest BCUT2D eigenvalue weighted by Crippen LogP contribution is -2.44. The summed E-state index contributed by atoms with van der Waals surface area (Å²) in [6.45, 7) is 1.76. The average molecular weight is 254 g/mol. The zero-order valence-electron chi connectivity index (χ0n) is 10.4. The molecular weight excluding hydrogens is 238 g/mol. The van der Waals surface area contributed by atoms with Gasteiger partial charge in [-0.3, -0.25) is 4.79 Å². The first-order chi connectivity index (χ1) is 8.35. The molecule has 5 heteroatoms. The molecule has 1 fully saturated rings. The summed E-state index contributed by atoms with van der Waals surface area (Å²) in [6, 6.07) is 3.31. The van der Waals surface area contributed by atoms with Crippen molar-refractivity contribution < 1.29 is 13.6 Å². The molecular formula is C13H16F2N2O. The minimum atomic E-state index is -0.908. The summed E-state index contributed by atoms with van der Waals surface area (Å²) in [5.41, 5.74) is 5.64. The third-order valence-electron chi connectivity index (χ3n) is 3.54. The first kappa shape index (κ1) is 13.0. The fourth-order valence-corrected chi connectivity index (χ4v) is 1.87. The number of rotatable bonds is 3. The lowest BCUT2D eigenvalue weighted by atomic mass is 10.1. The standard InChI is InChI=1S/C13H16F2N2O/c1-8(9-3-4-10(14)11(15)7-9)17(2)12(18)13(16)5-6-13/h3-4,7-8H,5-6,16H2,1-2H3. The molecule has 1 saturated carbocycles. The van der Waals surface area contributed by atoms with Crippen LogP contribution in [-0.2, 0) is 4.79 Å². The summed E-state index contributed by atoms with van der Waals surface area (Å²) < 4.78 is 26.0. The number of nitrogens with two attached hydrogens (primary N) is 1. The highest BCUT2D eigenvalue weighted by molar-refractivity contribution is 5.89. The Morgan fingerprint density at radius 2 is 2.00 bits per heavy atom.